The van der Waals surface area contributed by atoms with E-state index in [1.54, 1.807) is 24.3 Å². The van der Waals surface area contributed by atoms with Gasteiger partial charge in [-0.15, -0.1) is 0 Å². The number of carbonyl (C=O) groups excluding carboxylic acids is 3. The van der Waals surface area contributed by atoms with Gasteiger partial charge in [0.2, 0.25) is 0 Å². The molecule has 164 valence electrons. The molecule has 0 bridgehead atoms. The number of esters is 3. The molecule has 0 saturated heterocycles. The second-order valence-electron chi connectivity index (χ2n) is 6.54. The summed E-state index contributed by atoms with van der Waals surface area (Å²) in [6, 6.07) is 12.3. The zero-order valence-corrected chi connectivity index (χ0v) is 17.3. The van der Waals surface area contributed by atoms with Crippen LogP contribution in [-0.2, 0) is 14.3 Å². The molecular weight excluding hydrogens is 407 g/mol. The minimum atomic E-state index is -1.65. The lowest BCUT2D eigenvalue weighted by molar-refractivity contribution is -0.149. The topological polar surface area (TPSA) is 88.1 Å². The second kappa shape index (κ2) is 11.5. The molecule has 0 aliphatic rings. The molecule has 8 heteroatoms. The van der Waals surface area contributed by atoms with Gasteiger partial charge in [-0.25, -0.2) is 18.8 Å². The Bertz CT molecular complexity index is 918. The van der Waals surface area contributed by atoms with Crippen molar-refractivity contribution >= 4 is 17.9 Å². The monoisotopic (exact) mass is 430 g/mol. The van der Waals surface area contributed by atoms with Crippen molar-refractivity contribution < 1.29 is 37.7 Å². The van der Waals surface area contributed by atoms with Gasteiger partial charge in [0.15, 0.2) is 6.17 Å². The molecular formula is C23H23FO7. The average molecular weight is 430 g/mol. The van der Waals surface area contributed by atoms with Crippen LogP contribution in [0.15, 0.2) is 60.7 Å². The smallest absolute Gasteiger partial charge is 0.343 e. The number of halogens is 1. The highest BCUT2D eigenvalue weighted by atomic mass is 19.1. The first kappa shape index (κ1) is 23.6. The maximum absolute atomic E-state index is 12.6. The van der Waals surface area contributed by atoms with E-state index in [1.165, 1.54) is 31.2 Å². The quantitative estimate of drug-likeness (QED) is 0.243. The van der Waals surface area contributed by atoms with Gasteiger partial charge in [0.25, 0.3) is 0 Å². The van der Waals surface area contributed by atoms with Gasteiger partial charge in [-0.2, -0.15) is 0 Å². The molecule has 0 fully saturated rings. The molecule has 0 N–H and O–H groups in total. The lowest BCUT2D eigenvalue weighted by atomic mass is 10.2. The van der Waals surface area contributed by atoms with Crippen LogP contribution < -0.4 is 14.2 Å². The fourth-order valence-corrected chi connectivity index (χ4v) is 2.16. The third-order valence-electron chi connectivity index (χ3n) is 3.81. The van der Waals surface area contributed by atoms with Gasteiger partial charge in [0.1, 0.15) is 17.2 Å². The van der Waals surface area contributed by atoms with Crippen molar-refractivity contribution in [2.24, 2.45) is 0 Å². The molecule has 0 aliphatic carbocycles. The first-order valence-electron chi connectivity index (χ1n) is 9.49. The number of carbonyl (C=O) groups is 3. The molecule has 1 unspecified atom stereocenters. The zero-order chi connectivity index (χ0) is 22.8. The van der Waals surface area contributed by atoms with Gasteiger partial charge in [-0.1, -0.05) is 6.58 Å². The Labute approximate surface area is 179 Å². The predicted octanol–water partition coefficient (Wildman–Crippen LogP) is 4.06. The van der Waals surface area contributed by atoms with E-state index in [-0.39, 0.29) is 24.4 Å². The van der Waals surface area contributed by atoms with E-state index in [2.05, 4.69) is 6.58 Å². The van der Waals surface area contributed by atoms with Crippen LogP contribution in [0, 0.1) is 0 Å². The summed E-state index contributed by atoms with van der Waals surface area (Å²) in [5.74, 6) is -0.869. The first-order valence-corrected chi connectivity index (χ1v) is 9.49. The van der Waals surface area contributed by atoms with Crippen molar-refractivity contribution in [2.75, 3.05) is 13.2 Å². The summed E-state index contributed by atoms with van der Waals surface area (Å²) in [4.78, 5) is 34.7. The summed E-state index contributed by atoms with van der Waals surface area (Å²) in [6.45, 7) is 6.49. The fourth-order valence-electron chi connectivity index (χ4n) is 2.16. The number of benzene rings is 2. The average Bonchev–Trinajstić information content (AvgIpc) is 2.74. The summed E-state index contributed by atoms with van der Waals surface area (Å²) in [7, 11) is 0. The largest absolute Gasteiger partial charge is 0.493 e. The van der Waals surface area contributed by atoms with Crippen molar-refractivity contribution in [1.82, 2.24) is 0 Å². The van der Waals surface area contributed by atoms with Crippen molar-refractivity contribution in [2.45, 2.75) is 26.4 Å². The summed E-state index contributed by atoms with van der Waals surface area (Å²) < 4.78 is 33.2. The van der Waals surface area contributed by atoms with Crippen molar-refractivity contribution in [3.8, 4) is 17.2 Å². The SMILES string of the molecule is C=C(C)C(=O)Oc1ccc(C(=O)Oc2ccc(OCCCOC(=O)C(C)F)cc2)cc1. The number of alkyl halides is 1. The van der Waals surface area contributed by atoms with E-state index in [0.717, 1.165) is 6.92 Å². The Morgan fingerprint density at radius 3 is 2.03 bits per heavy atom. The Morgan fingerprint density at radius 1 is 0.903 bits per heavy atom. The van der Waals surface area contributed by atoms with Gasteiger partial charge in [0, 0.05) is 12.0 Å². The molecule has 0 radical (unpaired) electrons. The highest BCUT2D eigenvalue weighted by Gasteiger charge is 2.12. The van der Waals surface area contributed by atoms with Crippen LogP contribution in [0.4, 0.5) is 4.39 Å². The third-order valence-corrected chi connectivity index (χ3v) is 3.81. The first-order chi connectivity index (χ1) is 14.8. The van der Waals surface area contributed by atoms with Gasteiger partial charge in [0.05, 0.1) is 18.8 Å². The van der Waals surface area contributed by atoms with Crippen LogP contribution in [0.3, 0.4) is 0 Å². The van der Waals surface area contributed by atoms with Crippen molar-refractivity contribution in [3.63, 3.8) is 0 Å². The molecule has 0 amide bonds. The number of ether oxygens (including phenoxy) is 4. The molecule has 0 saturated carbocycles. The maximum atomic E-state index is 12.6. The molecule has 0 spiro atoms. The normalized spacial score (nSPS) is 11.2. The van der Waals surface area contributed by atoms with Crippen molar-refractivity contribution in [3.05, 3.63) is 66.2 Å². The molecule has 2 rings (SSSR count). The Morgan fingerprint density at radius 2 is 1.45 bits per heavy atom. The fraction of sp³-hybridized carbons (Fsp3) is 0.261. The third kappa shape index (κ3) is 7.93. The van der Waals surface area contributed by atoms with Crippen LogP contribution in [0.5, 0.6) is 17.2 Å². The van der Waals surface area contributed by atoms with Crippen LogP contribution in [-0.4, -0.2) is 37.3 Å². The Kier molecular flexibility index (Phi) is 8.75. The van der Waals surface area contributed by atoms with E-state index in [0.29, 0.717) is 23.7 Å². The van der Waals surface area contributed by atoms with Gasteiger partial charge in [-0.05, 0) is 62.4 Å². The van der Waals surface area contributed by atoms with Gasteiger partial charge < -0.3 is 18.9 Å². The minimum absolute atomic E-state index is 0.0635. The molecule has 0 aromatic heterocycles. The molecule has 1 atom stereocenters. The molecule has 31 heavy (non-hydrogen) atoms. The van der Waals surface area contributed by atoms with Crippen LogP contribution in [0.25, 0.3) is 0 Å². The van der Waals surface area contributed by atoms with E-state index >= 15 is 0 Å². The number of rotatable bonds is 10. The van der Waals surface area contributed by atoms with E-state index in [1.807, 2.05) is 0 Å². The lowest BCUT2D eigenvalue weighted by Crippen LogP contribution is -2.16. The van der Waals surface area contributed by atoms with Crippen LogP contribution in [0.1, 0.15) is 30.6 Å². The van der Waals surface area contributed by atoms with Crippen LogP contribution >= 0.6 is 0 Å². The van der Waals surface area contributed by atoms with E-state index in [9.17, 15) is 18.8 Å². The molecule has 7 nitrogen and oxygen atoms in total. The second-order valence-corrected chi connectivity index (χ2v) is 6.54. The zero-order valence-electron chi connectivity index (χ0n) is 17.3. The standard InChI is InChI=1S/C23H23FO7/c1-15(2)21(25)30-19-7-5-17(6-8-19)23(27)31-20-11-9-18(10-12-20)28-13-4-14-29-22(26)16(3)24/h5-12,16H,1,4,13-14H2,2-3H3. The number of hydrogen-bond acceptors (Lipinski definition) is 7. The summed E-state index contributed by atoms with van der Waals surface area (Å²) in [5.41, 5.74) is 0.554. The minimum Gasteiger partial charge on any atom is -0.493 e. The summed E-state index contributed by atoms with van der Waals surface area (Å²) in [5, 5.41) is 0. The Balaban J connectivity index is 1.79. The predicted molar refractivity (Wildman–Crippen MR) is 110 cm³/mol. The molecule has 2 aromatic carbocycles. The lowest BCUT2D eigenvalue weighted by Gasteiger charge is -2.09. The van der Waals surface area contributed by atoms with Crippen LogP contribution in [0.2, 0.25) is 0 Å². The summed E-state index contributed by atoms with van der Waals surface area (Å²) in [6.07, 6.45) is -1.24. The van der Waals surface area contributed by atoms with E-state index in [4.69, 9.17) is 18.9 Å². The highest BCUT2D eigenvalue weighted by molar-refractivity contribution is 5.92. The maximum Gasteiger partial charge on any atom is 0.343 e. The van der Waals surface area contributed by atoms with Crippen molar-refractivity contribution in [1.29, 1.82) is 0 Å². The summed E-state index contributed by atoms with van der Waals surface area (Å²) >= 11 is 0. The highest BCUT2D eigenvalue weighted by Crippen LogP contribution is 2.20. The molecule has 2 aromatic rings. The van der Waals surface area contributed by atoms with E-state index < -0.39 is 24.1 Å². The number of hydrogen-bond donors (Lipinski definition) is 0. The molecule has 0 heterocycles. The van der Waals surface area contributed by atoms with Gasteiger partial charge >= 0.3 is 17.9 Å². The molecule has 0 aliphatic heterocycles. The Hall–Kier alpha value is -3.68. The van der Waals surface area contributed by atoms with Gasteiger partial charge in [-0.3, -0.25) is 0 Å².